The quantitative estimate of drug-likeness (QED) is 0.369. The van der Waals surface area contributed by atoms with E-state index in [1.165, 1.54) is 0 Å². The topological polar surface area (TPSA) is 95.9 Å². The van der Waals surface area contributed by atoms with Crippen LogP contribution in [0.3, 0.4) is 0 Å². The predicted molar refractivity (Wildman–Crippen MR) is 134 cm³/mol. The van der Waals surface area contributed by atoms with Crippen LogP contribution in [0.1, 0.15) is 57.9 Å². The SMILES string of the molecule is C=C1[C@@H](O)[C@@H](/C=C/C[C@H](C)CCC[C@H]2CCC(=O)O2)[C@@]2(O)C(=O)N[C@@H](Cc3ccccc3)[C@H]2[C@H]1C. The van der Waals surface area contributed by atoms with Gasteiger partial charge in [-0.05, 0) is 55.1 Å². The second kappa shape index (κ2) is 10.7. The van der Waals surface area contributed by atoms with E-state index in [2.05, 4.69) is 18.8 Å². The number of carbonyl (C=O) groups excluding carboxylic acids is 2. The number of carbonyl (C=O) groups is 2. The standard InChI is InChI=1S/C29H39NO5/c1-18(9-7-13-22-15-16-25(31)35-22)10-8-14-23-27(32)20(3)19(2)26-24(30-28(33)29(23,26)34)17-21-11-5-4-6-12-21/h4-6,8,11-12,14,18-19,22-24,26-27,32,34H,3,7,9-10,13,15-17H2,1-2H3,(H,30,33)/b14-8+/t18-,19+,22+,23-,24+,26-,27-,29+/m1/s1. The fourth-order valence-electron chi connectivity index (χ4n) is 6.26. The van der Waals surface area contributed by atoms with Crippen molar-refractivity contribution in [1.29, 1.82) is 0 Å². The molecule has 190 valence electrons. The van der Waals surface area contributed by atoms with Crippen molar-refractivity contribution in [3.8, 4) is 0 Å². The number of benzene rings is 1. The van der Waals surface area contributed by atoms with Crippen LogP contribution in [0.15, 0.2) is 54.6 Å². The fraction of sp³-hybridized carbons (Fsp3) is 0.586. The van der Waals surface area contributed by atoms with Gasteiger partial charge in [-0.15, -0.1) is 0 Å². The highest BCUT2D eigenvalue weighted by Crippen LogP contribution is 2.50. The second-order valence-corrected chi connectivity index (χ2v) is 10.8. The van der Waals surface area contributed by atoms with Crippen molar-refractivity contribution in [3.05, 3.63) is 60.2 Å². The fourth-order valence-corrected chi connectivity index (χ4v) is 6.26. The summed E-state index contributed by atoms with van der Waals surface area (Å²) in [5.74, 6) is -1.40. The lowest BCUT2D eigenvalue weighted by molar-refractivity contribution is -0.154. The molecule has 2 aliphatic heterocycles. The largest absolute Gasteiger partial charge is 0.462 e. The Bertz CT molecular complexity index is 959. The van der Waals surface area contributed by atoms with E-state index in [-0.39, 0.29) is 30.0 Å². The van der Waals surface area contributed by atoms with E-state index in [1.54, 1.807) is 0 Å². The summed E-state index contributed by atoms with van der Waals surface area (Å²) in [4.78, 5) is 24.4. The number of hydrogen-bond donors (Lipinski definition) is 3. The van der Waals surface area contributed by atoms with Crippen molar-refractivity contribution in [2.75, 3.05) is 0 Å². The van der Waals surface area contributed by atoms with Crippen molar-refractivity contribution < 1.29 is 24.5 Å². The summed E-state index contributed by atoms with van der Waals surface area (Å²) in [6.45, 7) is 8.25. The van der Waals surface area contributed by atoms with Crippen LogP contribution in [-0.4, -0.2) is 45.9 Å². The summed E-state index contributed by atoms with van der Waals surface area (Å²) < 4.78 is 5.29. The molecular formula is C29H39NO5. The van der Waals surface area contributed by atoms with Gasteiger partial charge in [-0.25, -0.2) is 0 Å². The monoisotopic (exact) mass is 481 g/mol. The van der Waals surface area contributed by atoms with Crippen molar-refractivity contribution in [1.82, 2.24) is 5.32 Å². The number of aliphatic hydroxyl groups is 2. The first-order valence-electron chi connectivity index (χ1n) is 13.0. The molecule has 6 heteroatoms. The molecule has 2 saturated heterocycles. The van der Waals surface area contributed by atoms with Gasteiger partial charge in [0, 0.05) is 24.3 Å². The second-order valence-electron chi connectivity index (χ2n) is 10.8. The van der Waals surface area contributed by atoms with Gasteiger partial charge in [-0.1, -0.05) is 69.3 Å². The van der Waals surface area contributed by atoms with Crippen LogP contribution >= 0.6 is 0 Å². The number of nitrogens with one attached hydrogen (secondary N) is 1. The van der Waals surface area contributed by atoms with Crippen LogP contribution in [0.4, 0.5) is 0 Å². The van der Waals surface area contributed by atoms with Gasteiger partial charge in [0.05, 0.1) is 6.10 Å². The van der Waals surface area contributed by atoms with Crippen molar-refractivity contribution in [2.24, 2.45) is 23.7 Å². The molecule has 3 aliphatic rings. The molecule has 4 rings (SSSR count). The highest BCUT2D eigenvalue weighted by atomic mass is 16.5. The van der Waals surface area contributed by atoms with Crippen LogP contribution < -0.4 is 5.32 Å². The van der Waals surface area contributed by atoms with E-state index >= 15 is 0 Å². The highest BCUT2D eigenvalue weighted by Gasteiger charge is 2.64. The molecule has 1 aromatic carbocycles. The van der Waals surface area contributed by atoms with Gasteiger partial charge in [0.25, 0.3) is 5.91 Å². The summed E-state index contributed by atoms with van der Waals surface area (Å²) in [5.41, 5.74) is 0.0910. The van der Waals surface area contributed by atoms with Gasteiger partial charge >= 0.3 is 5.97 Å². The van der Waals surface area contributed by atoms with Crippen molar-refractivity contribution in [2.45, 2.75) is 82.6 Å². The molecule has 0 radical (unpaired) electrons. The zero-order chi connectivity index (χ0) is 25.2. The van der Waals surface area contributed by atoms with E-state index in [0.29, 0.717) is 24.3 Å². The average molecular weight is 482 g/mol. The van der Waals surface area contributed by atoms with Gasteiger partial charge in [0.15, 0.2) is 5.60 Å². The summed E-state index contributed by atoms with van der Waals surface area (Å²) in [6, 6.07) is 9.72. The Labute approximate surface area is 208 Å². The molecule has 1 amide bonds. The predicted octanol–water partition coefficient (Wildman–Crippen LogP) is 3.72. The molecule has 8 atom stereocenters. The molecule has 0 bridgehead atoms. The third-order valence-corrected chi connectivity index (χ3v) is 8.35. The maximum Gasteiger partial charge on any atom is 0.306 e. The van der Waals surface area contributed by atoms with E-state index in [9.17, 15) is 19.8 Å². The average Bonchev–Trinajstić information content (AvgIpc) is 3.35. The van der Waals surface area contributed by atoms with E-state index < -0.39 is 23.5 Å². The molecule has 1 aromatic rings. The van der Waals surface area contributed by atoms with E-state index in [0.717, 1.165) is 37.7 Å². The number of amides is 1. The van der Waals surface area contributed by atoms with Gasteiger partial charge in [0.2, 0.25) is 0 Å². The minimum absolute atomic E-state index is 0.0616. The Kier molecular flexibility index (Phi) is 7.82. The van der Waals surface area contributed by atoms with Crippen molar-refractivity contribution >= 4 is 11.9 Å². The molecule has 6 nitrogen and oxygen atoms in total. The number of hydrogen-bond acceptors (Lipinski definition) is 5. The number of rotatable bonds is 9. The Morgan fingerprint density at radius 2 is 2.03 bits per heavy atom. The third kappa shape index (κ3) is 5.24. The summed E-state index contributed by atoms with van der Waals surface area (Å²) in [5, 5.41) is 25.9. The molecule has 35 heavy (non-hydrogen) atoms. The molecule has 2 heterocycles. The summed E-state index contributed by atoms with van der Waals surface area (Å²) in [7, 11) is 0. The number of allylic oxidation sites excluding steroid dienone is 1. The van der Waals surface area contributed by atoms with E-state index in [1.807, 2.05) is 49.4 Å². The Hall–Kier alpha value is -2.44. The molecular weight excluding hydrogens is 442 g/mol. The zero-order valence-electron chi connectivity index (χ0n) is 20.9. The maximum absolute atomic E-state index is 13.2. The number of cyclic esters (lactones) is 1. The number of esters is 1. The Morgan fingerprint density at radius 1 is 1.29 bits per heavy atom. The van der Waals surface area contributed by atoms with Crippen molar-refractivity contribution in [3.63, 3.8) is 0 Å². The van der Waals surface area contributed by atoms with Gasteiger partial charge in [0.1, 0.15) is 6.10 Å². The van der Waals surface area contributed by atoms with Gasteiger partial charge < -0.3 is 20.3 Å². The van der Waals surface area contributed by atoms with Crippen LogP contribution in [0, 0.1) is 23.7 Å². The smallest absolute Gasteiger partial charge is 0.306 e. The third-order valence-electron chi connectivity index (χ3n) is 8.35. The normalized spacial score (nSPS) is 35.7. The number of aliphatic hydroxyl groups excluding tert-OH is 1. The first-order chi connectivity index (χ1) is 16.7. The molecule has 1 aliphatic carbocycles. The molecule has 0 spiro atoms. The van der Waals surface area contributed by atoms with Gasteiger partial charge in [-0.3, -0.25) is 9.59 Å². The lowest BCUT2D eigenvalue weighted by Crippen LogP contribution is -2.59. The Balaban J connectivity index is 1.41. The van der Waals surface area contributed by atoms with Crippen LogP contribution in [0.25, 0.3) is 0 Å². The summed E-state index contributed by atoms with van der Waals surface area (Å²) in [6.07, 6.45) is 8.54. The molecule has 3 N–H and O–H groups in total. The Morgan fingerprint density at radius 3 is 2.71 bits per heavy atom. The molecule has 1 saturated carbocycles. The molecule has 0 unspecified atom stereocenters. The van der Waals surface area contributed by atoms with Crippen LogP contribution in [-0.2, 0) is 20.7 Å². The first kappa shape index (κ1) is 25.6. The van der Waals surface area contributed by atoms with E-state index in [4.69, 9.17) is 4.74 Å². The molecule has 0 aromatic heterocycles. The first-order valence-corrected chi connectivity index (χ1v) is 13.0. The maximum atomic E-state index is 13.2. The van der Waals surface area contributed by atoms with Crippen LogP contribution in [0.2, 0.25) is 0 Å². The highest BCUT2D eigenvalue weighted by molar-refractivity contribution is 5.89. The number of fused-ring (bicyclic) bond motifs is 1. The minimum atomic E-state index is -1.68. The van der Waals surface area contributed by atoms with Gasteiger partial charge in [-0.2, -0.15) is 0 Å². The number of ether oxygens (including phenoxy) is 1. The zero-order valence-corrected chi connectivity index (χ0v) is 20.9. The summed E-state index contributed by atoms with van der Waals surface area (Å²) >= 11 is 0. The van der Waals surface area contributed by atoms with Crippen LogP contribution in [0.5, 0.6) is 0 Å². The minimum Gasteiger partial charge on any atom is -0.462 e. The molecule has 3 fully saturated rings. The lowest BCUT2D eigenvalue weighted by atomic mass is 9.60. The lowest BCUT2D eigenvalue weighted by Gasteiger charge is -2.47.